The van der Waals surface area contributed by atoms with E-state index in [0.29, 0.717) is 12.3 Å². The van der Waals surface area contributed by atoms with Crippen molar-refractivity contribution < 1.29 is 23.7 Å². The van der Waals surface area contributed by atoms with Gasteiger partial charge in [0.1, 0.15) is 0 Å². The van der Waals surface area contributed by atoms with Crippen molar-refractivity contribution in [1.82, 2.24) is 4.90 Å². The molecule has 0 bridgehead atoms. The molecule has 2 aromatic carbocycles. The van der Waals surface area contributed by atoms with Gasteiger partial charge >= 0.3 is 0 Å². The summed E-state index contributed by atoms with van der Waals surface area (Å²) in [7, 11) is 0. The summed E-state index contributed by atoms with van der Waals surface area (Å²) < 4.78 is 21.9. The van der Waals surface area contributed by atoms with Crippen molar-refractivity contribution in [3.05, 3.63) is 46.5 Å². The SMILES string of the molecule is O=C1c2cc3c(cc2CC2c4cc5c(cc4CCN12)OCO5)OCO3. The molecule has 25 heavy (non-hydrogen) atoms. The van der Waals surface area contributed by atoms with Gasteiger partial charge < -0.3 is 23.8 Å². The molecule has 1 amide bonds. The lowest BCUT2D eigenvalue weighted by molar-refractivity contribution is 0.0631. The van der Waals surface area contributed by atoms with Gasteiger partial charge in [-0.15, -0.1) is 0 Å². The van der Waals surface area contributed by atoms with E-state index in [4.69, 9.17) is 18.9 Å². The van der Waals surface area contributed by atoms with Crippen molar-refractivity contribution in [1.29, 1.82) is 0 Å². The lowest BCUT2D eigenvalue weighted by Crippen LogP contribution is -2.44. The molecule has 6 heteroatoms. The van der Waals surface area contributed by atoms with Gasteiger partial charge in [-0.25, -0.2) is 0 Å². The molecule has 0 N–H and O–H groups in total. The summed E-state index contributed by atoms with van der Waals surface area (Å²) in [6.07, 6.45) is 1.60. The van der Waals surface area contributed by atoms with Gasteiger partial charge in [-0.2, -0.15) is 0 Å². The summed E-state index contributed by atoms with van der Waals surface area (Å²) in [5.74, 6) is 3.02. The van der Waals surface area contributed by atoms with Crippen LogP contribution >= 0.6 is 0 Å². The van der Waals surface area contributed by atoms with Crippen LogP contribution < -0.4 is 18.9 Å². The summed E-state index contributed by atoms with van der Waals surface area (Å²) in [5.41, 5.74) is 4.14. The van der Waals surface area contributed by atoms with E-state index in [1.54, 1.807) is 0 Å². The predicted molar refractivity (Wildman–Crippen MR) is 86.3 cm³/mol. The number of amides is 1. The standard InChI is InChI=1S/C19H15NO5/c21-19-13-7-18-16(23-9-25-18)5-11(13)3-14-12-6-17-15(22-8-24-17)4-10(12)1-2-20(14)19/h4-7,14H,1-3,8-9H2. The Hall–Kier alpha value is -2.89. The third kappa shape index (κ3) is 1.76. The summed E-state index contributed by atoms with van der Waals surface area (Å²) >= 11 is 0. The zero-order valence-corrected chi connectivity index (χ0v) is 13.4. The van der Waals surface area contributed by atoms with E-state index in [1.165, 1.54) is 5.56 Å². The normalized spacial score (nSPS) is 21.7. The molecule has 2 aromatic rings. The molecule has 126 valence electrons. The highest BCUT2D eigenvalue weighted by Gasteiger charge is 2.39. The maximum absolute atomic E-state index is 13.1. The van der Waals surface area contributed by atoms with Gasteiger partial charge in [0.25, 0.3) is 5.91 Å². The maximum Gasteiger partial charge on any atom is 0.254 e. The van der Waals surface area contributed by atoms with Crippen LogP contribution in [0.15, 0.2) is 24.3 Å². The minimum absolute atomic E-state index is 0.0265. The lowest BCUT2D eigenvalue weighted by atomic mass is 9.83. The van der Waals surface area contributed by atoms with Gasteiger partial charge in [-0.05, 0) is 53.8 Å². The summed E-state index contributed by atoms with van der Waals surface area (Å²) in [5, 5.41) is 0. The van der Waals surface area contributed by atoms with Crippen LogP contribution in [0.25, 0.3) is 0 Å². The zero-order chi connectivity index (χ0) is 16.5. The highest BCUT2D eigenvalue weighted by atomic mass is 16.7. The Morgan fingerprint density at radius 3 is 2.24 bits per heavy atom. The van der Waals surface area contributed by atoms with Crippen molar-refractivity contribution in [2.75, 3.05) is 20.1 Å². The fourth-order valence-electron chi connectivity index (χ4n) is 4.27. The summed E-state index contributed by atoms with van der Waals surface area (Å²) in [6.45, 7) is 1.19. The molecule has 4 aliphatic rings. The molecule has 4 aliphatic heterocycles. The van der Waals surface area contributed by atoms with Gasteiger partial charge in [-0.3, -0.25) is 4.79 Å². The molecule has 0 saturated heterocycles. The van der Waals surface area contributed by atoms with E-state index in [-0.39, 0.29) is 25.5 Å². The molecular formula is C19H15NO5. The number of hydrogen-bond acceptors (Lipinski definition) is 5. The number of fused-ring (bicyclic) bond motifs is 6. The van der Waals surface area contributed by atoms with E-state index in [0.717, 1.165) is 46.8 Å². The maximum atomic E-state index is 13.1. The molecule has 1 unspecified atom stereocenters. The highest BCUT2D eigenvalue weighted by molar-refractivity contribution is 5.98. The summed E-state index contributed by atoms with van der Waals surface area (Å²) in [6, 6.07) is 7.91. The molecule has 6 rings (SSSR count). The highest BCUT2D eigenvalue weighted by Crippen LogP contribution is 2.45. The first-order valence-corrected chi connectivity index (χ1v) is 8.44. The number of carbonyl (C=O) groups is 1. The quantitative estimate of drug-likeness (QED) is 0.739. The third-order valence-corrected chi connectivity index (χ3v) is 5.49. The third-order valence-electron chi connectivity index (χ3n) is 5.49. The molecule has 0 saturated carbocycles. The average Bonchev–Trinajstić information content (AvgIpc) is 3.26. The molecule has 0 spiro atoms. The van der Waals surface area contributed by atoms with Crippen LogP contribution in [-0.2, 0) is 12.8 Å². The van der Waals surface area contributed by atoms with Gasteiger partial charge in [-0.1, -0.05) is 0 Å². The Kier molecular flexibility index (Phi) is 2.46. The predicted octanol–water partition coefficient (Wildman–Crippen LogP) is 2.44. The molecule has 4 heterocycles. The summed E-state index contributed by atoms with van der Waals surface area (Å²) in [4.78, 5) is 15.0. The first-order valence-electron chi connectivity index (χ1n) is 8.44. The number of rotatable bonds is 0. The Morgan fingerprint density at radius 2 is 1.48 bits per heavy atom. The van der Waals surface area contributed by atoms with Gasteiger partial charge in [0.2, 0.25) is 13.6 Å². The van der Waals surface area contributed by atoms with Gasteiger partial charge in [0.15, 0.2) is 23.0 Å². The van der Waals surface area contributed by atoms with E-state index < -0.39 is 0 Å². The number of carbonyl (C=O) groups excluding carboxylic acids is 1. The van der Waals surface area contributed by atoms with Crippen LogP contribution in [0.5, 0.6) is 23.0 Å². The second-order valence-electron chi connectivity index (χ2n) is 6.74. The first-order chi connectivity index (χ1) is 12.3. The second-order valence-corrected chi connectivity index (χ2v) is 6.74. The fraction of sp³-hybridized carbons (Fsp3) is 0.316. The molecule has 6 nitrogen and oxygen atoms in total. The van der Waals surface area contributed by atoms with E-state index in [1.807, 2.05) is 23.1 Å². The van der Waals surface area contributed by atoms with Crippen LogP contribution in [0.3, 0.4) is 0 Å². The molecule has 0 radical (unpaired) electrons. The van der Waals surface area contributed by atoms with E-state index >= 15 is 0 Å². The number of benzene rings is 2. The number of nitrogens with zero attached hydrogens (tertiary/aromatic N) is 1. The van der Waals surface area contributed by atoms with Crippen LogP contribution in [0.2, 0.25) is 0 Å². The Labute approximate surface area is 143 Å². The largest absolute Gasteiger partial charge is 0.454 e. The zero-order valence-electron chi connectivity index (χ0n) is 13.4. The van der Waals surface area contributed by atoms with Crippen LogP contribution in [0.4, 0.5) is 0 Å². The fourth-order valence-corrected chi connectivity index (χ4v) is 4.27. The van der Waals surface area contributed by atoms with Crippen molar-refractivity contribution in [3.63, 3.8) is 0 Å². The number of hydrogen-bond donors (Lipinski definition) is 0. The molecule has 1 atom stereocenters. The second kappa shape index (κ2) is 4.59. The van der Waals surface area contributed by atoms with E-state index in [2.05, 4.69) is 6.07 Å². The monoisotopic (exact) mass is 337 g/mol. The Bertz CT molecular complexity index is 938. The molecular weight excluding hydrogens is 322 g/mol. The first kappa shape index (κ1) is 13.4. The Morgan fingerprint density at radius 1 is 0.840 bits per heavy atom. The van der Waals surface area contributed by atoms with Gasteiger partial charge in [0, 0.05) is 12.1 Å². The number of ether oxygens (including phenoxy) is 4. The van der Waals surface area contributed by atoms with Gasteiger partial charge in [0.05, 0.1) is 6.04 Å². The minimum atomic E-state index is 0.0265. The smallest absolute Gasteiger partial charge is 0.254 e. The van der Waals surface area contributed by atoms with Crippen molar-refractivity contribution in [2.24, 2.45) is 0 Å². The lowest BCUT2D eigenvalue weighted by Gasteiger charge is -2.41. The van der Waals surface area contributed by atoms with Crippen LogP contribution in [0.1, 0.15) is 33.1 Å². The van der Waals surface area contributed by atoms with Crippen LogP contribution in [-0.4, -0.2) is 30.9 Å². The van der Waals surface area contributed by atoms with Crippen LogP contribution in [0, 0.1) is 0 Å². The molecule has 0 aliphatic carbocycles. The van der Waals surface area contributed by atoms with Crippen molar-refractivity contribution >= 4 is 5.91 Å². The molecule has 0 aromatic heterocycles. The van der Waals surface area contributed by atoms with E-state index in [9.17, 15) is 4.79 Å². The molecule has 0 fully saturated rings. The van der Waals surface area contributed by atoms with Crippen molar-refractivity contribution in [3.8, 4) is 23.0 Å². The minimum Gasteiger partial charge on any atom is -0.454 e. The average molecular weight is 337 g/mol. The Balaban J connectivity index is 1.48. The topological polar surface area (TPSA) is 57.2 Å². The van der Waals surface area contributed by atoms with Crippen molar-refractivity contribution in [2.45, 2.75) is 18.9 Å².